The van der Waals surface area contributed by atoms with Crippen molar-refractivity contribution in [3.63, 3.8) is 0 Å². The number of amides is 4. The first-order valence-corrected chi connectivity index (χ1v) is 12.7. The fourth-order valence-electron chi connectivity index (χ4n) is 3.51. The minimum absolute atomic E-state index is 0.0132. The van der Waals surface area contributed by atoms with Crippen molar-refractivity contribution < 1.29 is 41.9 Å². The third kappa shape index (κ3) is 12.5. The molecule has 41 heavy (non-hydrogen) atoms. The van der Waals surface area contributed by atoms with E-state index in [9.17, 15) is 37.1 Å². The molecule has 0 saturated heterocycles. The molecule has 0 fully saturated rings. The molecule has 4 N–H and O–H groups in total. The molecule has 2 aromatic rings. The van der Waals surface area contributed by atoms with Crippen LogP contribution in [0.4, 0.5) is 18.0 Å². The monoisotopic (exact) mass is 578 g/mol. The van der Waals surface area contributed by atoms with Gasteiger partial charge in [0.15, 0.2) is 0 Å². The summed E-state index contributed by atoms with van der Waals surface area (Å²) in [7, 11) is 0. The van der Waals surface area contributed by atoms with Gasteiger partial charge in [-0.2, -0.15) is 13.2 Å². The number of hydrogen-bond acceptors (Lipinski definition) is 6. The number of alkyl halides is 3. The third-order valence-electron chi connectivity index (χ3n) is 5.36. The van der Waals surface area contributed by atoms with E-state index in [1.54, 1.807) is 24.3 Å². The molecule has 0 radical (unpaired) electrons. The fraction of sp³-hybridized carbons (Fsp3) is 0.393. The van der Waals surface area contributed by atoms with Crippen molar-refractivity contribution >= 4 is 29.8 Å². The highest BCUT2D eigenvalue weighted by Crippen LogP contribution is 2.24. The molecule has 0 spiro atoms. The molecular formula is C28H33F3N4O6. The lowest BCUT2D eigenvalue weighted by Crippen LogP contribution is -2.46. The van der Waals surface area contributed by atoms with E-state index < -0.39 is 54.5 Å². The van der Waals surface area contributed by atoms with Crippen LogP contribution in [0, 0.1) is 0 Å². The Balaban J connectivity index is 1.96. The predicted octanol–water partition coefficient (Wildman–Crippen LogP) is 3.53. The number of halogens is 3. The number of carbonyl (C=O) groups excluding carboxylic acids is 5. The van der Waals surface area contributed by atoms with Crippen molar-refractivity contribution in [1.29, 1.82) is 0 Å². The molecule has 1 unspecified atom stereocenters. The number of urea groups is 1. The van der Waals surface area contributed by atoms with Crippen LogP contribution in [0.2, 0.25) is 0 Å². The van der Waals surface area contributed by atoms with Crippen molar-refractivity contribution in [2.45, 2.75) is 57.8 Å². The number of benzene rings is 2. The minimum atomic E-state index is -5.36. The summed E-state index contributed by atoms with van der Waals surface area (Å²) in [5.41, 5.74) is 1.65. The SMILES string of the molecule is CC(C)(C)NC(=O)NCCCC(=O)NCC(=O)NC(CC(=O)OC(=O)C(F)(F)F)c1ccc(-c2ccccc2)cc1. The maximum atomic E-state index is 12.5. The molecule has 4 amide bonds. The highest BCUT2D eigenvalue weighted by Gasteiger charge is 2.42. The number of rotatable bonds is 11. The molecule has 0 aliphatic heterocycles. The summed E-state index contributed by atoms with van der Waals surface area (Å²) in [5, 5.41) is 10.2. The second kappa shape index (κ2) is 14.8. The Kier molecular flexibility index (Phi) is 11.9. The highest BCUT2D eigenvalue weighted by molar-refractivity contribution is 5.89. The van der Waals surface area contributed by atoms with E-state index in [2.05, 4.69) is 26.0 Å². The fourth-order valence-corrected chi connectivity index (χ4v) is 3.51. The zero-order valence-electron chi connectivity index (χ0n) is 22.9. The molecule has 222 valence electrons. The number of esters is 2. The first kappa shape index (κ1) is 32.8. The molecular weight excluding hydrogens is 545 g/mol. The first-order chi connectivity index (χ1) is 19.1. The van der Waals surface area contributed by atoms with E-state index in [0.717, 1.165) is 11.1 Å². The van der Waals surface area contributed by atoms with Crippen LogP contribution in [0.5, 0.6) is 0 Å². The lowest BCUT2D eigenvalue weighted by atomic mass is 9.99. The van der Waals surface area contributed by atoms with Crippen LogP contribution in [0.1, 0.15) is 51.6 Å². The van der Waals surface area contributed by atoms with Gasteiger partial charge in [0.05, 0.1) is 19.0 Å². The predicted molar refractivity (Wildman–Crippen MR) is 143 cm³/mol. The van der Waals surface area contributed by atoms with E-state index in [0.29, 0.717) is 12.0 Å². The lowest BCUT2D eigenvalue weighted by molar-refractivity contribution is -0.202. The van der Waals surface area contributed by atoms with Crippen LogP contribution < -0.4 is 21.3 Å². The van der Waals surface area contributed by atoms with Gasteiger partial charge >= 0.3 is 24.1 Å². The highest BCUT2D eigenvalue weighted by atomic mass is 19.4. The van der Waals surface area contributed by atoms with Crippen molar-refractivity contribution in [2.24, 2.45) is 0 Å². The second-order valence-corrected chi connectivity index (χ2v) is 10.1. The molecule has 10 nitrogen and oxygen atoms in total. The first-order valence-electron chi connectivity index (χ1n) is 12.7. The van der Waals surface area contributed by atoms with Crippen LogP contribution in [-0.2, 0) is 23.9 Å². The summed E-state index contributed by atoms with van der Waals surface area (Å²) in [6.07, 6.45) is -5.81. The summed E-state index contributed by atoms with van der Waals surface area (Å²) < 4.78 is 41.4. The maximum Gasteiger partial charge on any atom is 0.491 e. The zero-order valence-corrected chi connectivity index (χ0v) is 22.9. The zero-order chi connectivity index (χ0) is 30.6. The topological polar surface area (TPSA) is 143 Å². The summed E-state index contributed by atoms with van der Waals surface area (Å²) in [5.74, 6) is -5.35. The Morgan fingerprint density at radius 3 is 2.02 bits per heavy atom. The van der Waals surface area contributed by atoms with Crippen molar-refractivity contribution in [1.82, 2.24) is 21.3 Å². The molecule has 0 aliphatic rings. The van der Waals surface area contributed by atoms with Gasteiger partial charge in [0.2, 0.25) is 11.8 Å². The van der Waals surface area contributed by atoms with E-state index in [1.807, 2.05) is 51.1 Å². The Morgan fingerprint density at radius 1 is 0.829 bits per heavy atom. The lowest BCUT2D eigenvalue weighted by Gasteiger charge is -2.20. The molecule has 0 bridgehead atoms. The smallest absolute Gasteiger partial charge is 0.386 e. The normalized spacial score (nSPS) is 12.0. The Hall–Kier alpha value is -4.42. The van der Waals surface area contributed by atoms with Gasteiger partial charge in [-0.05, 0) is 43.9 Å². The van der Waals surface area contributed by atoms with Gasteiger partial charge in [-0.15, -0.1) is 0 Å². The minimum Gasteiger partial charge on any atom is -0.386 e. The molecule has 0 aliphatic carbocycles. The van der Waals surface area contributed by atoms with Gasteiger partial charge < -0.3 is 26.0 Å². The summed E-state index contributed by atoms with van der Waals surface area (Å²) in [4.78, 5) is 59.5. The van der Waals surface area contributed by atoms with Gasteiger partial charge in [0.25, 0.3) is 0 Å². The molecule has 2 aromatic carbocycles. The Labute approximate surface area is 235 Å². The molecule has 13 heteroatoms. The quantitative estimate of drug-likeness (QED) is 0.183. The standard InChI is InChI=1S/C28H33F3N4O6/c1-27(2,3)35-26(40)32-15-7-10-22(36)33-17-23(37)34-21(16-24(38)41-25(39)28(29,30)31)20-13-11-19(12-14-20)18-8-5-4-6-9-18/h4-6,8-9,11-14,21H,7,10,15-17H2,1-3H3,(H,33,36)(H,34,37)(H2,32,35,40). The van der Waals surface area contributed by atoms with E-state index in [-0.39, 0.29) is 19.0 Å². The average Bonchev–Trinajstić information content (AvgIpc) is 2.88. The van der Waals surface area contributed by atoms with E-state index >= 15 is 0 Å². The number of hydrogen-bond donors (Lipinski definition) is 4. The maximum absolute atomic E-state index is 12.5. The number of ether oxygens (including phenoxy) is 1. The van der Waals surface area contributed by atoms with E-state index in [4.69, 9.17) is 0 Å². The van der Waals surface area contributed by atoms with Gasteiger partial charge in [-0.3, -0.25) is 14.4 Å². The van der Waals surface area contributed by atoms with Crippen molar-refractivity contribution in [3.05, 3.63) is 60.2 Å². The van der Waals surface area contributed by atoms with Gasteiger partial charge in [-0.25, -0.2) is 9.59 Å². The Bertz CT molecular complexity index is 1210. The van der Waals surface area contributed by atoms with Crippen LogP contribution in [0.15, 0.2) is 54.6 Å². The summed E-state index contributed by atoms with van der Waals surface area (Å²) in [6.45, 7) is 5.20. The van der Waals surface area contributed by atoms with Crippen molar-refractivity contribution in [2.75, 3.05) is 13.1 Å². The van der Waals surface area contributed by atoms with Crippen LogP contribution in [0.3, 0.4) is 0 Å². The molecule has 1 atom stereocenters. The second-order valence-electron chi connectivity index (χ2n) is 10.1. The number of nitrogens with one attached hydrogen (secondary N) is 4. The van der Waals surface area contributed by atoms with Gasteiger partial charge in [-0.1, -0.05) is 54.6 Å². The van der Waals surface area contributed by atoms with Gasteiger partial charge in [0.1, 0.15) is 0 Å². The van der Waals surface area contributed by atoms with E-state index in [1.165, 1.54) is 0 Å². The largest absolute Gasteiger partial charge is 0.491 e. The third-order valence-corrected chi connectivity index (χ3v) is 5.36. The average molecular weight is 579 g/mol. The Morgan fingerprint density at radius 2 is 1.44 bits per heavy atom. The van der Waals surface area contributed by atoms with Crippen molar-refractivity contribution in [3.8, 4) is 11.1 Å². The van der Waals surface area contributed by atoms with Crippen LogP contribution in [-0.4, -0.2) is 54.6 Å². The molecule has 0 aromatic heterocycles. The molecule has 0 saturated carbocycles. The van der Waals surface area contributed by atoms with Crippen LogP contribution >= 0.6 is 0 Å². The number of carbonyl (C=O) groups is 5. The summed E-state index contributed by atoms with van der Waals surface area (Å²) in [6, 6.07) is 14.3. The van der Waals surface area contributed by atoms with Gasteiger partial charge in [0, 0.05) is 18.5 Å². The molecule has 0 heterocycles. The molecule has 2 rings (SSSR count). The summed E-state index contributed by atoms with van der Waals surface area (Å²) >= 11 is 0. The van der Waals surface area contributed by atoms with Crippen LogP contribution in [0.25, 0.3) is 11.1 Å².